The minimum atomic E-state index is -0.611. The average molecular weight is 254 g/mol. The van der Waals surface area contributed by atoms with E-state index in [1.165, 1.54) is 12.1 Å². The van der Waals surface area contributed by atoms with Gasteiger partial charge in [0.25, 0.3) is 5.89 Å². The van der Waals surface area contributed by atoms with E-state index in [1.807, 2.05) is 0 Å². The van der Waals surface area contributed by atoms with E-state index in [4.69, 9.17) is 9.78 Å². The van der Waals surface area contributed by atoms with Gasteiger partial charge in [0, 0.05) is 6.20 Å². The highest BCUT2D eigenvalue weighted by Gasteiger charge is 2.16. The molecule has 0 saturated carbocycles. The van der Waals surface area contributed by atoms with Gasteiger partial charge in [-0.15, -0.1) is 0 Å². The SMILES string of the molecule is N#Cc1c(F)cccc1-c1nc(-c2ccc[nH]2)no1. The Labute approximate surface area is 107 Å². The van der Waals surface area contributed by atoms with Crippen LogP contribution in [0.3, 0.4) is 0 Å². The molecule has 2 aromatic heterocycles. The van der Waals surface area contributed by atoms with E-state index in [0.717, 1.165) is 0 Å². The number of halogens is 1. The van der Waals surface area contributed by atoms with Crippen molar-refractivity contribution in [1.29, 1.82) is 5.26 Å². The summed E-state index contributed by atoms with van der Waals surface area (Å²) in [6.07, 6.45) is 1.73. The number of rotatable bonds is 2. The second kappa shape index (κ2) is 4.38. The van der Waals surface area contributed by atoms with Crippen molar-refractivity contribution < 1.29 is 8.91 Å². The summed E-state index contributed by atoms with van der Waals surface area (Å²) in [5, 5.41) is 12.8. The number of hydrogen-bond acceptors (Lipinski definition) is 4. The molecule has 0 amide bonds. The van der Waals surface area contributed by atoms with Crippen LogP contribution in [0.4, 0.5) is 4.39 Å². The van der Waals surface area contributed by atoms with E-state index < -0.39 is 5.82 Å². The van der Waals surface area contributed by atoms with Crippen LogP contribution in [-0.2, 0) is 0 Å². The Balaban J connectivity index is 2.10. The number of nitrogens with zero attached hydrogens (tertiary/aromatic N) is 3. The lowest BCUT2D eigenvalue weighted by Crippen LogP contribution is -1.89. The maximum atomic E-state index is 13.5. The van der Waals surface area contributed by atoms with Crippen molar-refractivity contribution in [2.75, 3.05) is 0 Å². The molecule has 0 spiro atoms. The fraction of sp³-hybridized carbons (Fsp3) is 0. The molecule has 0 aliphatic heterocycles. The molecule has 3 aromatic rings. The molecule has 0 radical (unpaired) electrons. The summed E-state index contributed by atoms with van der Waals surface area (Å²) < 4.78 is 18.6. The molecule has 0 unspecified atom stereocenters. The van der Waals surface area contributed by atoms with Crippen molar-refractivity contribution in [2.45, 2.75) is 0 Å². The maximum Gasteiger partial charge on any atom is 0.259 e. The van der Waals surface area contributed by atoms with Gasteiger partial charge in [0.2, 0.25) is 5.82 Å². The van der Waals surface area contributed by atoms with E-state index in [0.29, 0.717) is 11.5 Å². The van der Waals surface area contributed by atoms with Gasteiger partial charge in [0.15, 0.2) is 0 Å². The zero-order chi connectivity index (χ0) is 13.2. The third kappa shape index (κ3) is 1.87. The molecule has 0 aliphatic carbocycles. The van der Waals surface area contributed by atoms with Crippen LogP contribution in [0, 0.1) is 17.1 Å². The summed E-state index contributed by atoms with van der Waals surface area (Å²) in [7, 11) is 0. The van der Waals surface area contributed by atoms with Crippen LogP contribution in [0.25, 0.3) is 23.0 Å². The first-order valence-electron chi connectivity index (χ1n) is 5.46. The zero-order valence-electron chi connectivity index (χ0n) is 9.59. The highest BCUT2D eigenvalue weighted by molar-refractivity contribution is 5.65. The van der Waals surface area contributed by atoms with Crippen LogP contribution >= 0.6 is 0 Å². The molecule has 2 heterocycles. The molecule has 0 aliphatic rings. The Bertz CT molecular complexity index is 755. The summed E-state index contributed by atoms with van der Waals surface area (Å²) in [6.45, 7) is 0. The van der Waals surface area contributed by atoms with Gasteiger partial charge in [0.05, 0.1) is 11.3 Å². The molecular weight excluding hydrogens is 247 g/mol. The zero-order valence-corrected chi connectivity index (χ0v) is 9.59. The van der Waals surface area contributed by atoms with Gasteiger partial charge < -0.3 is 9.51 Å². The molecule has 0 atom stereocenters. The first-order chi connectivity index (χ1) is 9.29. The molecule has 5 nitrogen and oxygen atoms in total. The second-order valence-electron chi connectivity index (χ2n) is 3.78. The molecule has 19 heavy (non-hydrogen) atoms. The van der Waals surface area contributed by atoms with E-state index >= 15 is 0 Å². The Kier molecular flexibility index (Phi) is 2.58. The van der Waals surface area contributed by atoms with Crippen LogP contribution in [0.2, 0.25) is 0 Å². The fourth-order valence-corrected chi connectivity index (χ4v) is 1.73. The van der Waals surface area contributed by atoms with Gasteiger partial charge in [-0.05, 0) is 24.3 Å². The molecule has 1 aromatic carbocycles. The van der Waals surface area contributed by atoms with Crippen molar-refractivity contribution in [3.63, 3.8) is 0 Å². The third-order valence-corrected chi connectivity index (χ3v) is 2.62. The van der Waals surface area contributed by atoms with Crippen molar-refractivity contribution in [2.24, 2.45) is 0 Å². The highest BCUT2D eigenvalue weighted by Crippen LogP contribution is 2.25. The number of aromatic nitrogens is 3. The third-order valence-electron chi connectivity index (χ3n) is 2.62. The lowest BCUT2D eigenvalue weighted by atomic mass is 10.1. The first-order valence-corrected chi connectivity index (χ1v) is 5.46. The number of nitriles is 1. The first kappa shape index (κ1) is 11.2. The molecule has 92 valence electrons. The monoisotopic (exact) mass is 254 g/mol. The molecule has 0 saturated heterocycles. The number of hydrogen-bond donors (Lipinski definition) is 1. The minimum Gasteiger partial charge on any atom is -0.359 e. The molecular formula is C13H7FN4O. The molecule has 6 heteroatoms. The van der Waals surface area contributed by atoms with Crippen molar-refractivity contribution in [3.05, 3.63) is 47.9 Å². The largest absolute Gasteiger partial charge is 0.359 e. The Morgan fingerprint density at radius 3 is 2.89 bits per heavy atom. The van der Waals surface area contributed by atoms with Crippen molar-refractivity contribution in [1.82, 2.24) is 15.1 Å². The van der Waals surface area contributed by atoms with E-state index in [1.54, 1.807) is 30.5 Å². The van der Waals surface area contributed by atoms with Crippen LogP contribution in [-0.4, -0.2) is 15.1 Å². The van der Waals surface area contributed by atoms with Crippen LogP contribution in [0.1, 0.15) is 5.56 Å². The number of aromatic amines is 1. The minimum absolute atomic E-state index is 0.107. The maximum absolute atomic E-state index is 13.5. The normalized spacial score (nSPS) is 10.3. The van der Waals surface area contributed by atoms with Crippen molar-refractivity contribution >= 4 is 0 Å². The Morgan fingerprint density at radius 1 is 1.26 bits per heavy atom. The summed E-state index contributed by atoms with van der Waals surface area (Å²) >= 11 is 0. The smallest absolute Gasteiger partial charge is 0.259 e. The van der Waals surface area contributed by atoms with E-state index in [-0.39, 0.29) is 17.0 Å². The molecule has 1 N–H and O–H groups in total. The standard InChI is InChI=1S/C13H7FN4O/c14-10-4-1-3-8(9(10)7-15)13-17-12(18-19-13)11-5-2-6-16-11/h1-6,16H. The highest BCUT2D eigenvalue weighted by atomic mass is 19.1. The molecule has 0 fully saturated rings. The van der Waals surface area contributed by atoms with Gasteiger partial charge in [0.1, 0.15) is 17.4 Å². The molecule has 0 bridgehead atoms. The van der Waals surface area contributed by atoms with Crippen LogP contribution in [0.15, 0.2) is 41.1 Å². The number of H-pyrrole nitrogens is 1. The quantitative estimate of drug-likeness (QED) is 0.762. The lowest BCUT2D eigenvalue weighted by Gasteiger charge is -1.98. The molecule has 3 rings (SSSR count). The van der Waals surface area contributed by atoms with Gasteiger partial charge in [-0.3, -0.25) is 0 Å². The van der Waals surface area contributed by atoms with Gasteiger partial charge in [-0.25, -0.2) is 4.39 Å². The summed E-state index contributed by atoms with van der Waals surface area (Å²) in [6, 6.07) is 9.64. The van der Waals surface area contributed by atoms with Gasteiger partial charge >= 0.3 is 0 Å². The number of nitrogens with one attached hydrogen (secondary N) is 1. The van der Waals surface area contributed by atoms with E-state index in [9.17, 15) is 4.39 Å². The van der Waals surface area contributed by atoms with Crippen LogP contribution in [0.5, 0.6) is 0 Å². The second-order valence-corrected chi connectivity index (χ2v) is 3.78. The summed E-state index contributed by atoms with van der Waals surface area (Å²) in [5.41, 5.74) is 0.863. The predicted molar refractivity (Wildman–Crippen MR) is 64.2 cm³/mol. The summed E-state index contributed by atoms with van der Waals surface area (Å²) in [5.74, 6) is -0.145. The number of benzene rings is 1. The van der Waals surface area contributed by atoms with Gasteiger partial charge in [-0.1, -0.05) is 11.2 Å². The van der Waals surface area contributed by atoms with Gasteiger partial charge in [-0.2, -0.15) is 10.2 Å². The Hall–Kier alpha value is -2.94. The van der Waals surface area contributed by atoms with E-state index in [2.05, 4.69) is 15.1 Å². The fourth-order valence-electron chi connectivity index (χ4n) is 1.73. The lowest BCUT2D eigenvalue weighted by molar-refractivity contribution is 0.431. The Morgan fingerprint density at radius 2 is 2.16 bits per heavy atom. The average Bonchev–Trinajstić information content (AvgIpc) is 3.09. The predicted octanol–water partition coefficient (Wildman–Crippen LogP) is 2.74. The summed E-state index contributed by atoms with van der Waals surface area (Å²) in [4.78, 5) is 7.08. The van der Waals surface area contributed by atoms with Crippen molar-refractivity contribution in [3.8, 4) is 29.0 Å². The topological polar surface area (TPSA) is 78.5 Å². The van der Waals surface area contributed by atoms with Crippen LogP contribution < -0.4 is 0 Å².